The molecule has 0 unspecified atom stereocenters. The zero-order valence-electron chi connectivity index (χ0n) is 12.0. The number of fused-ring (bicyclic) bond motifs is 1. The van der Waals surface area contributed by atoms with Gasteiger partial charge in [-0.3, -0.25) is 9.20 Å². The number of hydrogen-bond acceptors (Lipinski definition) is 5. The predicted molar refractivity (Wildman–Crippen MR) is 86.1 cm³/mol. The molecule has 0 bridgehead atoms. The smallest absolute Gasteiger partial charge is 0.226 e. The minimum atomic E-state index is 0.0423. The van der Waals surface area contributed by atoms with Gasteiger partial charge in [0, 0.05) is 42.3 Å². The van der Waals surface area contributed by atoms with E-state index in [-0.39, 0.29) is 10.7 Å². The van der Waals surface area contributed by atoms with Crippen LogP contribution in [0, 0.1) is 0 Å². The Labute approximate surface area is 132 Å². The SMILES string of the molecule is CSC1(CNC(=O)Cc2cn3ccsc3n2)CCOCC1. The van der Waals surface area contributed by atoms with Gasteiger partial charge < -0.3 is 10.1 Å². The molecule has 2 aromatic rings. The minimum absolute atomic E-state index is 0.0423. The summed E-state index contributed by atoms with van der Waals surface area (Å²) in [4.78, 5) is 17.5. The number of ether oxygens (including phenoxy) is 1. The number of amides is 1. The topological polar surface area (TPSA) is 55.6 Å². The van der Waals surface area contributed by atoms with Gasteiger partial charge >= 0.3 is 0 Å². The lowest BCUT2D eigenvalue weighted by molar-refractivity contribution is -0.120. The standard InChI is InChI=1S/C14H19N3O2S2/c1-20-14(2-5-19-6-3-14)10-15-12(18)8-11-9-17-4-7-21-13(17)16-11/h4,7,9H,2-3,5-6,8,10H2,1H3,(H,15,18). The van der Waals surface area contributed by atoms with E-state index in [0.717, 1.165) is 36.7 Å². The number of rotatable bonds is 5. The summed E-state index contributed by atoms with van der Waals surface area (Å²) in [5.41, 5.74) is 0.824. The van der Waals surface area contributed by atoms with E-state index in [1.54, 1.807) is 11.3 Å². The van der Waals surface area contributed by atoms with Gasteiger partial charge in [0.25, 0.3) is 0 Å². The summed E-state index contributed by atoms with van der Waals surface area (Å²) in [5.74, 6) is 0.0423. The molecule has 1 aliphatic heterocycles. The van der Waals surface area contributed by atoms with Gasteiger partial charge in [-0.05, 0) is 19.1 Å². The molecule has 1 aliphatic rings. The molecule has 2 aromatic heterocycles. The first-order valence-corrected chi connectivity index (χ1v) is 9.12. The lowest BCUT2D eigenvalue weighted by Crippen LogP contribution is -2.44. The van der Waals surface area contributed by atoms with Crippen molar-refractivity contribution in [1.82, 2.24) is 14.7 Å². The normalized spacial score (nSPS) is 18.0. The molecule has 1 fully saturated rings. The number of imidazole rings is 1. The number of thiazole rings is 1. The molecular formula is C14H19N3O2S2. The van der Waals surface area contributed by atoms with Gasteiger partial charge in [0.2, 0.25) is 5.91 Å². The predicted octanol–water partition coefficient (Wildman–Crippen LogP) is 1.97. The molecule has 5 nitrogen and oxygen atoms in total. The summed E-state index contributed by atoms with van der Waals surface area (Å²) in [6.07, 6.45) is 8.32. The molecule has 0 aliphatic carbocycles. The second-order valence-corrected chi connectivity index (χ2v) is 7.43. The Kier molecular flexibility index (Phi) is 4.51. The van der Waals surface area contributed by atoms with Crippen LogP contribution in [0.4, 0.5) is 0 Å². The fraction of sp³-hybridized carbons (Fsp3) is 0.571. The summed E-state index contributed by atoms with van der Waals surface area (Å²) in [5, 5.41) is 5.05. The Balaban J connectivity index is 1.55. The number of carbonyl (C=O) groups excluding carboxylic acids is 1. The average molecular weight is 325 g/mol. The molecule has 0 aromatic carbocycles. The van der Waals surface area contributed by atoms with Crippen LogP contribution in [-0.4, -0.2) is 46.1 Å². The lowest BCUT2D eigenvalue weighted by atomic mass is 9.99. The van der Waals surface area contributed by atoms with E-state index in [9.17, 15) is 4.79 Å². The third-order valence-electron chi connectivity index (χ3n) is 3.93. The number of hydrogen-bond donors (Lipinski definition) is 1. The number of carbonyl (C=O) groups is 1. The van der Waals surface area contributed by atoms with E-state index < -0.39 is 0 Å². The molecule has 1 N–H and O–H groups in total. The van der Waals surface area contributed by atoms with Crippen LogP contribution in [0.25, 0.3) is 4.96 Å². The van der Waals surface area contributed by atoms with E-state index in [2.05, 4.69) is 16.6 Å². The van der Waals surface area contributed by atoms with Crippen LogP contribution in [0.2, 0.25) is 0 Å². The van der Waals surface area contributed by atoms with Gasteiger partial charge in [-0.2, -0.15) is 11.8 Å². The van der Waals surface area contributed by atoms with Crippen LogP contribution >= 0.6 is 23.1 Å². The monoisotopic (exact) mass is 325 g/mol. The molecule has 3 rings (SSSR count). The highest BCUT2D eigenvalue weighted by atomic mass is 32.2. The van der Waals surface area contributed by atoms with Gasteiger partial charge in [-0.1, -0.05) is 0 Å². The number of nitrogens with zero attached hydrogens (tertiary/aromatic N) is 2. The third kappa shape index (κ3) is 3.41. The highest BCUT2D eigenvalue weighted by Crippen LogP contribution is 2.32. The van der Waals surface area contributed by atoms with Crippen molar-refractivity contribution in [3.05, 3.63) is 23.5 Å². The average Bonchev–Trinajstić information content (AvgIpc) is 3.07. The fourth-order valence-electron chi connectivity index (χ4n) is 2.54. The third-order valence-corrected chi connectivity index (χ3v) is 6.12. The highest BCUT2D eigenvalue weighted by molar-refractivity contribution is 8.00. The van der Waals surface area contributed by atoms with Gasteiger partial charge in [0.05, 0.1) is 12.1 Å². The van der Waals surface area contributed by atoms with Crippen LogP contribution in [0.3, 0.4) is 0 Å². The Morgan fingerprint density at radius 1 is 1.57 bits per heavy atom. The molecular weight excluding hydrogens is 306 g/mol. The van der Waals surface area contributed by atoms with E-state index >= 15 is 0 Å². The van der Waals surface area contributed by atoms with Gasteiger partial charge in [0.15, 0.2) is 4.96 Å². The molecule has 21 heavy (non-hydrogen) atoms. The van der Waals surface area contributed by atoms with Crippen molar-refractivity contribution >= 4 is 34.0 Å². The lowest BCUT2D eigenvalue weighted by Gasteiger charge is -2.35. The molecule has 114 valence electrons. The van der Waals surface area contributed by atoms with Crippen LogP contribution in [0.15, 0.2) is 17.8 Å². The zero-order chi connectivity index (χ0) is 14.7. The largest absolute Gasteiger partial charge is 0.381 e. The second-order valence-electron chi connectivity index (χ2n) is 5.28. The molecule has 1 saturated heterocycles. The fourth-order valence-corrected chi connectivity index (χ4v) is 4.05. The molecule has 3 heterocycles. The van der Waals surface area contributed by atoms with Crippen LogP contribution in [0.5, 0.6) is 0 Å². The molecule has 1 amide bonds. The Bertz CT molecular complexity index is 588. The maximum absolute atomic E-state index is 12.1. The van der Waals surface area contributed by atoms with Crippen molar-refractivity contribution in [3.63, 3.8) is 0 Å². The Morgan fingerprint density at radius 3 is 3.10 bits per heavy atom. The first kappa shape index (κ1) is 14.9. The minimum Gasteiger partial charge on any atom is -0.381 e. The summed E-state index contributed by atoms with van der Waals surface area (Å²) >= 11 is 3.41. The number of aromatic nitrogens is 2. The zero-order valence-corrected chi connectivity index (χ0v) is 13.6. The van der Waals surface area contributed by atoms with E-state index in [4.69, 9.17) is 4.74 Å². The molecule has 0 radical (unpaired) electrons. The highest BCUT2D eigenvalue weighted by Gasteiger charge is 2.32. The molecule has 7 heteroatoms. The quantitative estimate of drug-likeness (QED) is 0.913. The number of nitrogens with one attached hydrogen (secondary N) is 1. The second kappa shape index (κ2) is 6.37. The van der Waals surface area contributed by atoms with Crippen molar-refractivity contribution in [2.45, 2.75) is 24.0 Å². The molecule has 0 saturated carbocycles. The Hall–Kier alpha value is -1.05. The first-order chi connectivity index (χ1) is 10.2. The van der Waals surface area contributed by atoms with Crippen molar-refractivity contribution < 1.29 is 9.53 Å². The van der Waals surface area contributed by atoms with Gasteiger partial charge in [-0.25, -0.2) is 4.98 Å². The van der Waals surface area contributed by atoms with Crippen molar-refractivity contribution in [1.29, 1.82) is 0 Å². The maximum Gasteiger partial charge on any atom is 0.226 e. The van der Waals surface area contributed by atoms with Gasteiger partial charge in [-0.15, -0.1) is 11.3 Å². The first-order valence-electron chi connectivity index (χ1n) is 7.01. The van der Waals surface area contributed by atoms with Crippen molar-refractivity contribution in [2.75, 3.05) is 26.0 Å². The summed E-state index contributed by atoms with van der Waals surface area (Å²) in [6, 6.07) is 0. The molecule has 0 atom stereocenters. The van der Waals surface area contributed by atoms with Crippen LogP contribution < -0.4 is 5.32 Å². The Morgan fingerprint density at radius 2 is 2.38 bits per heavy atom. The van der Waals surface area contributed by atoms with Gasteiger partial charge in [0.1, 0.15) is 0 Å². The maximum atomic E-state index is 12.1. The summed E-state index contributed by atoms with van der Waals surface area (Å²) in [6.45, 7) is 2.28. The van der Waals surface area contributed by atoms with E-state index in [0.29, 0.717) is 13.0 Å². The summed E-state index contributed by atoms with van der Waals surface area (Å²) < 4.78 is 7.50. The van der Waals surface area contributed by atoms with Crippen molar-refractivity contribution in [2.24, 2.45) is 0 Å². The van der Waals surface area contributed by atoms with E-state index in [1.165, 1.54) is 0 Å². The number of thioether (sulfide) groups is 1. The van der Waals surface area contributed by atoms with Crippen molar-refractivity contribution in [3.8, 4) is 0 Å². The van der Waals surface area contributed by atoms with Crippen LogP contribution in [0.1, 0.15) is 18.5 Å². The summed E-state index contributed by atoms with van der Waals surface area (Å²) in [7, 11) is 0. The molecule has 0 spiro atoms. The van der Waals surface area contributed by atoms with Crippen LogP contribution in [-0.2, 0) is 16.0 Å². The van der Waals surface area contributed by atoms with E-state index in [1.807, 2.05) is 33.9 Å².